The lowest BCUT2D eigenvalue weighted by Gasteiger charge is -2.33. The Bertz CT molecular complexity index is 645. The van der Waals surface area contributed by atoms with Crippen LogP contribution in [0.3, 0.4) is 0 Å². The molecule has 0 unspecified atom stereocenters. The van der Waals surface area contributed by atoms with Gasteiger partial charge in [0.15, 0.2) is 5.82 Å². The fourth-order valence-electron chi connectivity index (χ4n) is 4.73. The molecule has 3 aliphatic heterocycles. The quantitative estimate of drug-likeness (QED) is 0.864. The molecular weight excluding hydrogens is 334 g/mol. The van der Waals surface area contributed by atoms with Crippen molar-refractivity contribution in [2.45, 2.75) is 44.6 Å². The van der Waals surface area contributed by atoms with Crippen molar-refractivity contribution in [1.82, 2.24) is 25.3 Å². The summed E-state index contributed by atoms with van der Waals surface area (Å²) in [6.07, 6.45) is 3.09. The number of urea groups is 1. The molecule has 144 valence electrons. The highest BCUT2D eigenvalue weighted by Gasteiger charge is 2.58. The van der Waals surface area contributed by atoms with Crippen LogP contribution in [0.5, 0.6) is 0 Å². The maximum Gasteiger partial charge on any atom is 0.317 e. The Hall–Kier alpha value is -1.67. The topological polar surface area (TPSA) is 83.7 Å². The van der Waals surface area contributed by atoms with Gasteiger partial charge in [-0.2, -0.15) is 4.98 Å². The molecule has 0 radical (unpaired) electrons. The minimum atomic E-state index is -0.247. The second kappa shape index (κ2) is 7.15. The van der Waals surface area contributed by atoms with Crippen molar-refractivity contribution < 1.29 is 14.1 Å². The zero-order valence-electron chi connectivity index (χ0n) is 15.7. The van der Waals surface area contributed by atoms with Crippen LogP contribution >= 0.6 is 0 Å². The van der Waals surface area contributed by atoms with Gasteiger partial charge in [-0.15, -0.1) is 0 Å². The average molecular weight is 363 g/mol. The number of nitrogens with zero attached hydrogens (tertiary/aromatic N) is 4. The predicted molar refractivity (Wildman–Crippen MR) is 94.9 cm³/mol. The van der Waals surface area contributed by atoms with Crippen LogP contribution in [0.1, 0.15) is 37.9 Å². The molecule has 26 heavy (non-hydrogen) atoms. The van der Waals surface area contributed by atoms with E-state index in [1.807, 2.05) is 11.8 Å². The third-order valence-corrected chi connectivity index (χ3v) is 6.11. The third kappa shape index (κ3) is 3.09. The Morgan fingerprint density at radius 1 is 1.31 bits per heavy atom. The number of hydrogen-bond donors (Lipinski definition) is 1. The molecule has 0 aliphatic carbocycles. The van der Waals surface area contributed by atoms with Gasteiger partial charge in [-0.05, 0) is 26.2 Å². The minimum Gasteiger partial charge on any atom is -0.381 e. The monoisotopic (exact) mass is 363 g/mol. The van der Waals surface area contributed by atoms with E-state index in [1.54, 1.807) is 0 Å². The lowest BCUT2D eigenvalue weighted by Crippen LogP contribution is -2.46. The first-order valence-electron chi connectivity index (χ1n) is 9.78. The summed E-state index contributed by atoms with van der Waals surface area (Å²) in [4.78, 5) is 21.6. The molecule has 8 heteroatoms. The number of aryl methyl sites for hydroxylation is 1. The summed E-state index contributed by atoms with van der Waals surface area (Å²) in [6, 6.07) is 0.576. The van der Waals surface area contributed by atoms with Crippen molar-refractivity contribution >= 4 is 6.03 Å². The van der Waals surface area contributed by atoms with Gasteiger partial charge in [-0.25, -0.2) is 4.79 Å². The highest BCUT2D eigenvalue weighted by Crippen LogP contribution is 2.45. The Morgan fingerprint density at radius 2 is 2.12 bits per heavy atom. The van der Waals surface area contributed by atoms with E-state index in [9.17, 15) is 4.79 Å². The standard InChI is InChI=1S/C18H29N5O3/c1-3-6-19-17(24)23-10-14-9-22(15-4-7-25-8-5-15)11-18(14,12-23)16-20-13(2)21-26-16/h14-15H,3-12H2,1-2H3,(H,19,24)/t14-,18-/m1/s1. The fourth-order valence-corrected chi connectivity index (χ4v) is 4.73. The molecule has 1 N–H and O–H groups in total. The number of hydrogen-bond acceptors (Lipinski definition) is 6. The average Bonchev–Trinajstić information content (AvgIpc) is 3.32. The van der Waals surface area contributed by atoms with E-state index >= 15 is 0 Å². The normalized spacial score (nSPS) is 29.9. The molecule has 3 saturated heterocycles. The van der Waals surface area contributed by atoms with E-state index in [-0.39, 0.29) is 11.4 Å². The number of aromatic nitrogens is 2. The minimum absolute atomic E-state index is 0.0227. The Morgan fingerprint density at radius 3 is 2.81 bits per heavy atom. The van der Waals surface area contributed by atoms with Crippen LogP contribution in [0, 0.1) is 12.8 Å². The lowest BCUT2D eigenvalue weighted by atomic mass is 9.81. The van der Waals surface area contributed by atoms with Crippen LogP contribution in [0.25, 0.3) is 0 Å². The van der Waals surface area contributed by atoms with Gasteiger partial charge in [0.25, 0.3) is 0 Å². The molecule has 4 heterocycles. The summed E-state index contributed by atoms with van der Waals surface area (Å²) in [6.45, 7) is 9.55. The van der Waals surface area contributed by atoms with E-state index in [0.29, 0.717) is 36.8 Å². The molecule has 3 fully saturated rings. The fraction of sp³-hybridized carbons (Fsp3) is 0.833. The van der Waals surface area contributed by atoms with Crippen LogP contribution in [0.15, 0.2) is 4.52 Å². The van der Waals surface area contributed by atoms with Gasteiger partial charge in [-0.1, -0.05) is 12.1 Å². The second-order valence-corrected chi connectivity index (χ2v) is 7.89. The Balaban J connectivity index is 1.55. The molecule has 0 saturated carbocycles. The number of likely N-dealkylation sites (tertiary alicyclic amines) is 2. The summed E-state index contributed by atoms with van der Waals surface area (Å²) >= 11 is 0. The molecule has 8 nitrogen and oxygen atoms in total. The molecule has 0 bridgehead atoms. The van der Waals surface area contributed by atoms with Crippen molar-refractivity contribution in [1.29, 1.82) is 0 Å². The Kier molecular flexibility index (Phi) is 4.88. The van der Waals surface area contributed by atoms with E-state index in [0.717, 1.165) is 52.1 Å². The first-order chi connectivity index (χ1) is 12.6. The number of rotatable bonds is 4. The summed E-state index contributed by atoms with van der Waals surface area (Å²) in [5.41, 5.74) is -0.247. The van der Waals surface area contributed by atoms with Crippen molar-refractivity contribution in [3.8, 4) is 0 Å². The number of carbonyl (C=O) groups excluding carboxylic acids is 1. The van der Waals surface area contributed by atoms with Gasteiger partial charge in [-0.3, -0.25) is 4.90 Å². The van der Waals surface area contributed by atoms with Gasteiger partial charge in [0.05, 0.1) is 5.41 Å². The molecular formula is C18H29N5O3. The summed E-state index contributed by atoms with van der Waals surface area (Å²) in [5, 5.41) is 7.03. The lowest BCUT2D eigenvalue weighted by molar-refractivity contribution is 0.0377. The maximum atomic E-state index is 12.5. The number of ether oxygens (including phenoxy) is 1. The highest BCUT2D eigenvalue weighted by molar-refractivity contribution is 5.75. The number of nitrogens with one attached hydrogen (secondary N) is 1. The summed E-state index contributed by atoms with van der Waals surface area (Å²) < 4.78 is 11.2. The van der Waals surface area contributed by atoms with Crippen molar-refractivity contribution in [2.75, 3.05) is 45.9 Å². The zero-order valence-corrected chi connectivity index (χ0v) is 15.7. The van der Waals surface area contributed by atoms with E-state index in [1.165, 1.54) is 0 Å². The SMILES string of the molecule is CCCNC(=O)N1C[C@H]2CN(C3CCOCC3)C[C@@]2(c2nc(C)no2)C1. The first-order valence-corrected chi connectivity index (χ1v) is 9.78. The van der Waals surface area contributed by atoms with Crippen LogP contribution in [-0.2, 0) is 10.2 Å². The summed E-state index contributed by atoms with van der Waals surface area (Å²) in [5.74, 6) is 1.68. The predicted octanol–water partition coefficient (Wildman–Crippen LogP) is 1.16. The molecule has 1 aromatic heterocycles. The van der Waals surface area contributed by atoms with Crippen LogP contribution in [-0.4, -0.2) is 78.0 Å². The first kappa shape index (κ1) is 17.7. The van der Waals surface area contributed by atoms with Crippen LogP contribution < -0.4 is 5.32 Å². The van der Waals surface area contributed by atoms with Gasteiger partial charge in [0.1, 0.15) is 0 Å². The third-order valence-electron chi connectivity index (χ3n) is 6.11. The molecule has 0 aromatic carbocycles. The van der Waals surface area contributed by atoms with E-state index < -0.39 is 0 Å². The number of carbonyl (C=O) groups is 1. The van der Waals surface area contributed by atoms with E-state index in [4.69, 9.17) is 9.26 Å². The van der Waals surface area contributed by atoms with Gasteiger partial charge < -0.3 is 19.5 Å². The highest BCUT2D eigenvalue weighted by atomic mass is 16.5. The molecule has 1 aromatic rings. The van der Waals surface area contributed by atoms with Crippen molar-refractivity contribution in [3.05, 3.63) is 11.7 Å². The van der Waals surface area contributed by atoms with E-state index in [2.05, 4.69) is 27.3 Å². The van der Waals surface area contributed by atoms with Gasteiger partial charge >= 0.3 is 6.03 Å². The molecule has 0 spiro atoms. The summed E-state index contributed by atoms with van der Waals surface area (Å²) in [7, 11) is 0. The molecule has 2 amide bonds. The van der Waals surface area contributed by atoms with Crippen molar-refractivity contribution in [2.24, 2.45) is 5.92 Å². The zero-order chi connectivity index (χ0) is 18.1. The van der Waals surface area contributed by atoms with Crippen molar-refractivity contribution in [3.63, 3.8) is 0 Å². The van der Waals surface area contributed by atoms with Gasteiger partial charge in [0, 0.05) is 57.9 Å². The molecule has 3 aliphatic rings. The molecule has 2 atom stereocenters. The Labute approximate surface area is 154 Å². The number of fused-ring (bicyclic) bond motifs is 1. The number of amides is 2. The van der Waals surface area contributed by atoms with Crippen LogP contribution in [0.2, 0.25) is 0 Å². The smallest absolute Gasteiger partial charge is 0.317 e. The van der Waals surface area contributed by atoms with Gasteiger partial charge in [0.2, 0.25) is 5.89 Å². The molecule has 4 rings (SSSR count). The largest absolute Gasteiger partial charge is 0.381 e. The van der Waals surface area contributed by atoms with Crippen LogP contribution in [0.4, 0.5) is 4.79 Å². The second-order valence-electron chi connectivity index (χ2n) is 7.89. The maximum absolute atomic E-state index is 12.5.